The number of hydrogen-bond donors (Lipinski definition) is 4. The molecule has 2 unspecified atom stereocenters. The van der Waals surface area contributed by atoms with Crippen LogP contribution in [0.2, 0.25) is 0 Å². The van der Waals surface area contributed by atoms with E-state index in [2.05, 4.69) is 12.2 Å². The molecule has 0 aliphatic carbocycles. The van der Waals surface area contributed by atoms with Crippen LogP contribution in [0.25, 0.3) is 0 Å². The third-order valence-electron chi connectivity index (χ3n) is 5.63. The van der Waals surface area contributed by atoms with Crippen LogP contribution in [0.4, 0.5) is 0 Å². The Hall–Kier alpha value is -0.0900. The quantitative estimate of drug-likeness (QED) is 0.438. The van der Waals surface area contributed by atoms with E-state index in [-0.39, 0.29) is 11.9 Å². The van der Waals surface area contributed by atoms with Crippen molar-refractivity contribution in [1.29, 1.82) is 0 Å². The Kier molecular flexibility index (Phi) is 8.67. The summed E-state index contributed by atoms with van der Waals surface area (Å²) in [6.07, 6.45) is -0.0980. The van der Waals surface area contributed by atoms with Crippen molar-refractivity contribution in [2.75, 3.05) is 19.8 Å². The first-order valence-corrected chi connectivity index (χ1v) is 11.3. The number of likely N-dealkylation sites (N-methyl/N-ethyl adjacent to an activating group) is 1. The van der Waals surface area contributed by atoms with Gasteiger partial charge in [-0.2, -0.15) is 0 Å². The molecule has 2 rings (SSSR count). The average Bonchev–Trinajstić information content (AvgIpc) is 2.99. The molecule has 4 N–H and O–H groups in total. The Morgan fingerprint density at radius 3 is 2.56 bits per heavy atom. The number of alkyl halides is 1. The summed E-state index contributed by atoms with van der Waals surface area (Å²) in [5.74, 6) is 0.350. The molecule has 0 aromatic heterocycles. The number of halogens is 1. The van der Waals surface area contributed by atoms with Gasteiger partial charge in [0.25, 0.3) is 0 Å². The number of likely N-dealkylation sites (tertiary alicyclic amines) is 1. The van der Waals surface area contributed by atoms with Crippen molar-refractivity contribution in [2.45, 2.75) is 80.4 Å². The number of aliphatic hydroxyl groups excluding tert-OH is 3. The fraction of sp³-hybridized carbons (Fsp3) is 0.944. The second-order valence-electron chi connectivity index (χ2n) is 7.73. The first-order valence-electron chi connectivity index (χ1n) is 9.58. The molecule has 0 aromatic rings. The van der Waals surface area contributed by atoms with Crippen molar-refractivity contribution in [1.82, 2.24) is 10.2 Å². The van der Waals surface area contributed by atoms with Crippen LogP contribution in [0, 0.1) is 5.92 Å². The number of carbonyl (C=O) groups excluding carboxylic acids is 1. The summed E-state index contributed by atoms with van der Waals surface area (Å²) in [6.45, 7) is 4.74. The summed E-state index contributed by atoms with van der Waals surface area (Å²) in [7, 11) is 1.94. The van der Waals surface area contributed by atoms with Crippen LogP contribution in [0.15, 0.2) is 0 Å². The topological polar surface area (TPSA) is 102 Å². The predicted octanol–water partition coefficient (Wildman–Crippen LogP) is 0.390. The van der Waals surface area contributed by atoms with E-state index in [0.717, 1.165) is 25.8 Å². The SMILES string of the molecule is CCC[C@@H]1C[C@@H](C(=O)N[C@@H](C(C)Cl)C2O[C@H](SC)[C@@H](O)[C@H](O)[C@H]2O)N(C)C1. The molecule has 2 heterocycles. The Morgan fingerprint density at radius 2 is 2.00 bits per heavy atom. The third kappa shape index (κ3) is 5.29. The van der Waals surface area contributed by atoms with Crippen LogP contribution in [-0.4, -0.2) is 93.3 Å². The molecule has 7 nitrogen and oxygen atoms in total. The van der Waals surface area contributed by atoms with Crippen molar-refractivity contribution in [3.8, 4) is 0 Å². The monoisotopic (exact) mass is 424 g/mol. The van der Waals surface area contributed by atoms with Crippen molar-refractivity contribution in [2.24, 2.45) is 5.92 Å². The van der Waals surface area contributed by atoms with Crippen LogP contribution in [0.5, 0.6) is 0 Å². The number of aliphatic hydroxyl groups is 3. The highest BCUT2D eigenvalue weighted by molar-refractivity contribution is 7.99. The van der Waals surface area contributed by atoms with Gasteiger partial charge in [0.15, 0.2) is 0 Å². The first kappa shape index (κ1) is 23.2. The molecule has 2 aliphatic heterocycles. The largest absolute Gasteiger partial charge is 0.388 e. The Morgan fingerprint density at radius 1 is 1.33 bits per heavy atom. The van der Waals surface area contributed by atoms with Gasteiger partial charge in [0.05, 0.1) is 17.5 Å². The molecule has 158 valence electrons. The first-order chi connectivity index (χ1) is 12.7. The molecule has 2 saturated heterocycles. The molecular formula is C18H33ClN2O5S. The number of thioether (sulfide) groups is 1. The minimum atomic E-state index is -1.36. The fourth-order valence-electron chi connectivity index (χ4n) is 4.11. The van der Waals surface area contributed by atoms with Gasteiger partial charge >= 0.3 is 0 Å². The second-order valence-corrected chi connectivity index (χ2v) is 9.36. The number of rotatable bonds is 7. The molecule has 9 heteroatoms. The van der Waals surface area contributed by atoms with E-state index in [9.17, 15) is 20.1 Å². The molecule has 2 aliphatic rings. The average molecular weight is 425 g/mol. The number of carbonyl (C=O) groups is 1. The highest BCUT2D eigenvalue weighted by Gasteiger charge is 2.48. The zero-order valence-corrected chi connectivity index (χ0v) is 18.0. The lowest BCUT2D eigenvalue weighted by Crippen LogP contribution is -2.65. The van der Waals surface area contributed by atoms with E-state index < -0.39 is 41.3 Å². The Bertz CT molecular complexity index is 498. The van der Waals surface area contributed by atoms with Gasteiger partial charge in [-0.15, -0.1) is 23.4 Å². The van der Waals surface area contributed by atoms with Crippen molar-refractivity contribution in [3.63, 3.8) is 0 Å². The maximum absolute atomic E-state index is 12.9. The highest BCUT2D eigenvalue weighted by atomic mass is 35.5. The van der Waals surface area contributed by atoms with Gasteiger partial charge < -0.3 is 25.4 Å². The number of hydrogen-bond acceptors (Lipinski definition) is 7. The maximum Gasteiger partial charge on any atom is 0.237 e. The summed E-state index contributed by atoms with van der Waals surface area (Å²) >= 11 is 7.55. The lowest BCUT2D eigenvalue weighted by atomic mass is 9.92. The second kappa shape index (κ2) is 10.1. The van der Waals surface area contributed by atoms with Gasteiger partial charge in [-0.3, -0.25) is 9.69 Å². The summed E-state index contributed by atoms with van der Waals surface area (Å²) in [6, 6.07) is -0.934. The minimum absolute atomic E-state index is 0.147. The number of nitrogens with one attached hydrogen (secondary N) is 1. The van der Waals surface area contributed by atoms with Gasteiger partial charge in [-0.05, 0) is 39.0 Å². The number of ether oxygens (including phenoxy) is 1. The molecule has 27 heavy (non-hydrogen) atoms. The van der Waals surface area contributed by atoms with E-state index in [1.807, 2.05) is 11.9 Å². The highest BCUT2D eigenvalue weighted by Crippen LogP contribution is 2.31. The molecule has 2 fully saturated rings. The normalized spacial score (nSPS) is 39.9. The maximum atomic E-state index is 12.9. The van der Waals surface area contributed by atoms with Crippen LogP contribution >= 0.6 is 23.4 Å². The van der Waals surface area contributed by atoms with Crippen LogP contribution in [0.1, 0.15) is 33.1 Å². The van der Waals surface area contributed by atoms with Gasteiger partial charge in [-0.1, -0.05) is 13.3 Å². The van der Waals surface area contributed by atoms with Crippen molar-refractivity contribution in [3.05, 3.63) is 0 Å². The van der Waals surface area contributed by atoms with Crippen molar-refractivity contribution >= 4 is 29.3 Å². The summed E-state index contributed by atoms with van der Waals surface area (Å²) in [4.78, 5) is 14.9. The molecule has 0 aromatic carbocycles. The summed E-state index contributed by atoms with van der Waals surface area (Å²) in [5.41, 5.74) is -0.702. The Labute approximate surface area is 170 Å². The van der Waals surface area contributed by atoms with Gasteiger partial charge in [0, 0.05) is 6.54 Å². The fourth-order valence-corrected chi connectivity index (χ4v) is 5.00. The standard InChI is InChI=1S/C18H33ClN2O5S/c1-5-6-10-7-11(21(3)8-10)17(25)20-12(9(2)19)16-14(23)13(22)15(24)18(26-16)27-4/h9-16,18,22-24H,5-8H2,1-4H3,(H,20,25)/t9?,10-,11+,12+,13-,14-,15+,16?,18-/m1/s1. The number of amides is 1. The molecule has 9 atom stereocenters. The van der Waals surface area contributed by atoms with E-state index >= 15 is 0 Å². The molecule has 1 amide bonds. The number of nitrogens with zero attached hydrogens (tertiary/aromatic N) is 1. The molecule has 0 bridgehead atoms. The van der Waals surface area contributed by atoms with E-state index in [0.29, 0.717) is 5.92 Å². The predicted molar refractivity (Wildman–Crippen MR) is 107 cm³/mol. The smallest absolute Gasteiger partial charge is 0.237 e. The molecular weight excluding hydrogens is 392 g/mol. The van der Waals surface area contributed by atoms with E-state index in [1.165, 1.54) is 11.8 Å². The molecule has 0 spiro atoms. The van der Waals surface area contributed by atoms with Gasteiger partial charge in [0.2, 0.25) is 5.91 Å². The lowest BCUT2D eigenvalue weighted by molar-refractivity contribution is -0.205. The lowest BCUT2D eigenvalue weighted by Gasteiger charge is -2.44. The van der Waals surface area contributed by atoms with Crippen molar-refractivity contribution < 1.29 is 24.9 Å². The van der Waals surface area contributed by atoms with Gasteiger partial charge in [0.1, 0.15) is 29.9 Å². The molecule has 0 radical (unpaired) electrons. The summed E-state index contributed by atoms with van der Waals surface area (Å²) in [5, 5.41) is 33.0. The molecule has 0 saturated carbocycles. The Balaban J connectivity index is 2.09. The minimum Gasteiger partial charge on any atom is -0.388 e. The third-order valence-corrected chi connectivity index (χ3v) is 6.76. The summed E-state index contributed by atoms with van der Waals surface area (Å²) < 4.78 is 5.79. The van der Waals surface area contributed by atoms with Crippen LogP contribution in [-0.2, 0) is 9.53 Å². The zero-order valence-electron chi connectivity index (χ0n) is 16.4. The van der Waals surface area contributed by atoms with Gasteiger partial charge in [-0.25, -0.2) is 0 Å². The van der Waals surface area contributed by atoms with E-state index in [1.54, 1.807) is 13.2 Å². The zero-order chi connectivity index (χ0) is 20.3. The van der Waals surface area contributed by atoms with E-state index in [4.69, 9.17) is 16.3 Å². The van der Waals surface area contributed by atoms with Crippen LogP contribution in [0.3, 0.4) is 0 Å². The van der Waals surface area contributed by atoms with Crippen LogP contribution < -0.4 is 5.32 Å².